The molecule has 0 saturated heterocycles. The molecule has 1 aromatic heterocycles. The minimum atomic E-state index is -4.55. The molecule has 0 aromatic carbocycles. The molecule has 0 atom stereocenters. The molecule has 0 unspecified atom stereocenters. The lowest BCUT2D eigenvalue weighted by Gasteiger charge is -2.36. The first kappa shape index (κ1) is 17.6. The van der Waals surface area contributed by atoms with Crippen molar-refractivity contribution in [3.05, 3.63) is 23.4 Å². The molecule has 0 radical (unpaired) electrons. The Bertz CT molecular complexity index is 591. The molecule has 126 valence electrons. The lowest BCUT2D eigenvalue weighted by Crippen LogP contribution is -2.31. The fraction of sp³-hybridized carbons (Fsp3) is 0.647. The summed E-state index contributed by atoms with van der Waals surface area (Å²) in [4.78, 5) is 3.51. The van der Waals surface area contributed by atoms with Crippen molar-refractivity contribution in [1.82, 2.24) is 4.98 Å². The lowest BCUT2D eigenvalue weighted by atomic mass is 9.72. The van der Waals surface area contributed by atoms with E-state index in [4.69, 9.17) is 10.00 Å². The molecule has 0 amide bonds. The number of alkyl halides is 3. The van der Waals surface area contributed by atoms with Gasteiger partial charge in [-0.05, 0) is 49.1 Å². The van der Waals surface area contributed by atoms with Gasteiger partial charge in [0.05, 0.1) is 0 Å². The monoisotopic (exact) mass is 326 g/mol. The van der Waals surface area contributed by atoms with Crippen molar-refractivity contribution in [1.29, 1.82) is 5.26 Å². The minimum absolute atomic E-state index is 0.0379. The lowest BCUT2D eigenvalue weighted by molar-refractivity contribution is -0.141. The minimum Gasteiger partial charge on any atom is -0.473 e. The zero-order valence-electron chi connectivity index (χ0n) is 13.6. The second kappa shape index (κ2) is 6.38. The summed E-state index contributed by atoms with van der Waals surface area (Å²) in [6.45, 7) is 6.59. The molecule has 1 aliphatic carbocycles. The molecule has 1 heterocycles. The van der Waals surface area contributed by atoms with E-state index in [1.165, 1.54) is 0 Å². The fourth-order valence-electron chi connectivity index (χ4n) is 2.98. The highest BCUT2D eigenvalue weighted by Crippen LogP contribution is 2.39. The van der Waals surface area contributed by atoms with Gasteiger partial charge in [-0.2, -0.15) is 18.4 Å². The third kappa shape index (κ3) is 4.37. The number of hydrogen-bond acceptors (Lipinski definition) is 3. The number of ether oxygens (including phenoxy) is 1. The highest BCUT2D eigenvalue weighted by Gasteiger charge is 2.34. The van der Waals surface area contributed by atoms with Crippen molar-refractivity contribution in [3.63, 3.8) is 0 Å². The number of aromatic nitrogens is 1. The van der Waals surface area contributed by atoms with Crippen LogP contribution in [0.25, 0.3) is 0 Å². The molecule has 1 fully saturated rings. The van der Waals surface area contributed by atoms with Crippen molar-refractivity contribution >= 4 is 0 Å². The van der Waals surface area contributed by atoms with Crippen LogP contribution in [0.4, 0.5) is 13.2 Å². The van der Waals surface area contributed by atoms with E-state index < -0.39 is 11.9 Å². The van der Waals surface area contributed by atoms with E-state index in [1.807, 2.05) is 6.07 Å². The van der Waals surface area contributed by atoms with Crippen LogP contribution >= 0.6 is 0 Å². The topological polar surface area (TPSA) is 45.9 Å². The summed E-state index contributed by atoms with van der Waals surface area (Å²) in [5.74, 6) is 0.369. The van der Waals surface area contributed by atoms with Crippen LogP contribution in [-0.4, -0.2) is 11.1 Å². The van der Waals surface area contributed by atoms with Gasteiger partial charge in [0.15, 0.2) is 0 Å². The summed E-state index contributed by atoms with van der Waals surface area (Å²) in [5.41, 5.74) is -0.775. The molecule has 1 aliphatic rings. The molecule has 1 aromatic rings. The van der Waals surface area contributed by atoms with Gasteiger partial charge in [-0.3, -0.25) is 0 Å². The Labute approximate surface area is 134 Å². The molecule has 0 N–H and O–H groups in total. The predicted octanol–water partition coefficient (Wildman–Crippen LogP) is 4.96. The van der Waals surface area contributed by atoms with E-state index in [-0.39, 0.29) is 23.0 Å². The first-order valence-electron chi connectivity index (χ1n) is 7.76. The van der Waals surface area contributed by atoms with Gasteiger partial charge >= 0.3 is 6.18 Å². The number of hydrogen-bond donors (Lipinski definition) is 0. The zero-order chi connectivity index (χ0) is 17.3. The molecule has 1 saturated carbocycles. The second-order valence-corrected chi connectivity index (χ2v) is 7.12. The predicted molar refractivity (Wildman–Crippen MR) is 79.8 cm³/mol. The summed E-state index contributed by atoms with van der Waals surface area (Å²) in [6, 6.07) is 3.77. The van der Waals surface area contributed by atoms with Crippen LogP contribution in [0.2, 0.25) is 0 Å². The number of rotatable bonds is 2. The Hall–Kier alpha value is -1.77. The molecule has 6 heteroatoms. The Kier molecular flexibility index (Phi) is 4.88. The smallest absolute Gasteiger partial charge is 0.433 e. The van der Waals surface area contributed by atoms with Gasteiger partial charge in [0, 0.05) is 0 Å². The van der Waals surface area contributed by atoms with Gasteiger partial charge in [-0.15, -0.1) is 0 Å². The van der Waals surface area contributed by atoms with Gasteiger partial charge in [0.25, 0.3) is 0 Å². The van der Waals surface area contributed by atoms with Gasteiger partial charge < -0.3 is 4.74 Å². The molecule has 23 heavy (non-hydrogen) atoms. The first-order chi connectivity index (χ1) is 10.6. The van der Waals surface area contributed by atoms with E-state index in [0.29, 0.717) is 5.92 Å². The van der Waals surface area contributed by atoms with Crippen molar-refractivity contribution in [3.8, 4) is 11.9 Å². The molecule has 0 aliphatic heterocycles. The van der Waals surface area contributed by atoms with E-state index in [9.17, 15) is 13.2 Å². The van der Waals surface area contributed by atoms with Gasteiger partial charge in [-0.1, -0.05) is 20.8 Å². The van der Waals surface area contributed by atoms with Crippen LogP contribution in [-0.2, 0) is 6.18 Å². The van der Waals surface area contributed by atoms with Crippen LogP contribution in [0.1, 0.15) is 57.7 Å². The Balaban J connectivity index is 2.10. The molecule has 2 rings (SSSR count). The van der Waals surface area contributed by atoms with Crippen molar-refractivity contribution in [2.45, 2.75) is 58.7 Å². The second-order valence-electron chi connectivity index (χ2n) is 7.12. The number of nitrogens with zero attached hydrogens (tertiary/aromatic N) is 2. The van der Waals surface area contributed by atoms with E-state index in [1.54, 1.807) is 0 Å². The number of pyridine rings is 1. The van der Waals surface area contributed by atoms with Gasteiger partial charge in [0.1, 0.15) is 23.4 Å². The summed E-state index contributed by atoms with van der Waals surface area (Å²) in [5, 5.41) is 9.04. The van der Waals surface area contributed by atoms with Crippen LogP contribution in [0.3, 0.4) is 0 Å². The first-order valence-corrected chi connectivity index (χ1v) is 7.76. The van der Waals surface area contributed by atoms with Crippen molar-refractivity contribution < 1.29 is 17.9 Å². The Morgan fingerprint density at radius 2 is 1.74 bits per heavy atom. The third-order valence-electron chi connectivity index (χ3n) is 4.45. The van der Waals surface area contributed by atoms with Crippen molar-refractivity contribution in [2.24, 2.45) is 11.3 Å². The number of nitriles is 1. The van der Waals surface area contributed by atoms with Gasteiger partial charge in [-0.25, -0.2) is 4.98 Å². The molecule has 0 bridgehead atoms. The molecular formula is C17H21F3N2O. The summed E-state index contributed by atoms with van der Waals surface area (Å²) in [7, 11) is 0. The highest BCUT2D eigenvalue weighted by molar-refractivity contribution is 5.39. The summed E-state index contributed by atoms with van der Waals surface area (Å²) in [6.07, 6.45) is -1.26. The Morgan fingerprint density at radius 1 is 1.13 bits per heavy atom. The van der Waals surface area contributed by atoms with E-state index >= 15 is 0 Å². The number of halogens is 3. The van der Waals surface area contributed by atoms with Crippen molar-refractivity contribution in [2.75, 3.05) is 0 Å². The maximum Gasteiger partial charge on any atom is 0.433 e. The Morgan fingerprint density at radius 3 is 2.22 bits per heavy atom. The maximum atomic E-state index is 12.8. The highest BCUT2D eigenvalue weighted by atomic mass is 19.4. The molecule has 0 spiro atoms. The van der Waals surface area contributed by atoms with Crippen LogP contribution in [0.5, 0.6) is 5.88 Å². The largest absolute Gasteiger partial charge is 0.473 e. The normalized spacial score (nSPS) is 22.5. The maximum absolute atomic E-state index is 12.8. The SMILES string of the molecule is CC(C)(C)C1CCC(Oc2nc(C(F)(F)F)ccc2C#N)CC1. The van der Waals surface area contributed by atoms with Crippen LogP contribution < -0.4 is 4.74 Å². The summed E-state index contributed by atoms with van der Waals surface area (Å²) < 4.78 is 43.9. The molecule has 3 nitrogen and oxygen atoms in total. The summed E-state index contributed by atoms with van der Waals surface area (Å²) >= 11 is 0. The standard InChI is InChI=1S/C17H21F3N2O/c1-16(2,3)12-5-7-13(8-6-12)23-15-11(10-21)4-9-14(22-15)17(18,19)20/h4,9,12-13H,5-8H2,1-3H3. The average molecular weight is 326 g/mol. The van der Waals surface area contributed by atoms with E-state index in [2.05, 4.69) is 25.8 Å². The van der Waals surface area contributed by atoms with Crippen LogP contribution in [0.15, 0.2) is 12.1 Å². The molecular weight excluding hydrogens is 305 g/mol. The zero-order valence-corrected chi connectivity index (χ0v) is 13.6. The van der Waals surface area contributed by atoms with E-state index in [0.717, 1.165) is 37.8 Å². The average Bonchev–Trinajstić information content (AvgIpc) is 2.46. The van der Waals surface area contributed by atoms with Crippen LogP contribution in [0, 0.1) is 22.7 Å². The van der Waals surface area contributed by atoms with Gasteiger partial charge in [0.2, 0.25) is 5.88 Å². The fourth-order valence-corrected chi connectivity index (χ4v) is 2.98. The quantitative estimate of drug-likeness (QED) is 0.772. The third-order valence-corrected chi connectivity index (χ3v) is 4.45.